The monoisotopic (exact) mass is 413 g/mol. The van der Waals surface area contributed by atoms with Crippen molar-refractivity contribution in [2.75, 3.05) is 31.1 Å². The van der Waals surface area contributed by atoms with E-state index in [1.807, 2.05) is 23.1 Å². The van der Waals surface area contributed by atoms with Crippen LogP contribution < -0.4 is 4.90 Å². The van der Waals surface area contributed by atoms with Crippen LogP contribution in [0.5, 0.6) is 0 Å². The van der Waals surface area contributed by atoms with Gasteiger partial charge in [-0.25, -0.2) is 9.97 Å². The number of hydrogen-bond acceptors (Lipinski definition) is 6. The van der Waals surface area contributed by atoms with Gasteiger partial charge >= 0.3 is 0 Å². The van der Waals surface area contributed by atoms with Crippen LogP contribution in [0.25, 0.3) is 22.0 Å². The summed E-state index contributed by atoms with van der Waals surface area (Å²) in [7, 11) is 0. The minimum atomic E-state index is -0.0850. The predicted octanol–water partition coefficient (Wildman–Crippen LogP) is 3.95. The molecule has 1 saturated heterocycles. The maximum absolute atomic E-state index is 12.7. The molecule has 0 aliphatic carbocycles. The van der Waals surface area contributed by atoms with Crippen LogP contribution in [0.3, 0.4) is 0 Å². The number of anilines is 1. The van der Waals surface area contributed by atoms with Gasteiger partial charge in [0.25, 0.3) is 5.91 Å². The van der Waals surface area contributed by atoms with E-state index >= 15 is 0 Å². The molecule has 1 fully saturated rings. The smallest absolute Gasteiger partial charge is 0.276 e. The van der Waals surface area contributed by atoms with Gasteiger partial charge in [-0.3, -0.25) is 4.79 Å². The number of aromatic nitrogens is 3. The molecule has 0 unspecified atom stereocenters. The van der Waals surface area contributed by atoms with E-state index < -0.39 is 0 Å². The maximum atomic E-state index is 12.7. The minimum absolute atomic E-state index is 0.0850. The highest BCUT2D eigenvalue weighted by Crippen LogP contribution is 2.25. The van der Waals surface area contributed by atoms with Gasteiger partial charge in [-0.2, -0.15) is 0 Å². The Morgan fingerprint density at radius 3 is 2.65 bits per heavy atom. The number of hydrogen-bond donors (Lipinski definition) is 0. The molecule has 0 spiro atoms. The Labute approximate surface area is 180 Å². The summed E-state index contributed by atoms with van der Waals surface area (Å²) in [5, 5.41) is 6.26. The van der Waals surface area contributed by atoms with E-state index in [0.717, 1.165) is 30.0 Å². The van der Waals surface area contributed by atoms with Crippen molar-refractivity contribution >= 4 is 22.5 Å². The molecule has 31 heavy (non-hydrogen) atoms. The highest BCUT2D eigenvalue weighted by Gasteiger charge is 2.23. The average molecular weight is 413 g/mol. The second-order valence-corrected chi connectivity index (χ2v) is 7.78. The SMILES string of the molecule is Cc1cc(C(=O)N2CCCN(c3cc(-c4ccc5ccccc5c4)ncn3)CC2)no1. The largest absolute Gasteiger partial charge is 0.361 e. The molecule has 4 aromatic rings. The Morgan fingerprint density at radius 2 is 1.81 bits per heavy atom. The van der Waals surface area contributed by atoms with Crippen molar-refractivity contribution in [3.8, 4) is 11.3 Å². The van der Waals surface area contributed by atoms with Crippen LogP contribution >= 0.6 is 0 Å². The van der Waals surface area contributed by atoms with E-state index in [2.05, 4.69) is 50.4 Å². The molecule has 2 aromatic carbocycles. The normalized spacial score (nSPS) is 14.6. The van der Waals surface area contributed by atoms with Gasteiger partial charge in [-0.1, -0.05) is 41.6 Å². The van der Waals surface area contributed by atoms with E-state index in [-0.39, 0.29) is 5.91 Å². The Balaban J connectivity index is 1.34. The van der Waals surface area contributed by atoms with Gasteiger partial charge in [0.15, 0.2) is 5.69 Å². The summed E-state index contributed by atoms with van der Waals surface area (Å²) in [5.74, 6) is 1.44. The van der Waals surface area contributed by atoms with E-state index in [1.54, 1.807) is 19.3 Å². The minimum Gasteiger partial charge on any atom is -0.361 e. The zero-order valence-corrected chi connectivity index (χ0v) is 17.4. The van der Waals surface area contributed by atoms with Crippen LogP contribution in [0, 0.1) is 6.92 Å². The van der Waals surface area contributed by atoms with Crippen LogP contribution in [-0.2, 0) is 0 Å². The number of rotatable bonds is 3. The van der Waals surface area contributed by atoms with Crippen LogP contribution in [0.15, 0.2) is 65.4 Å². The van der Waals surface area contributed by atoms with Gasteiger partial charge in [0, 0.05) is 43.9 Å². The molecule has 156 valence electrons. The number of nitrogens with zero attached hydrogens (tertiary/aromatic N) is 5. The number of benzene rings is 2. The molecule has 7 nitrogen and oxygen atoms in total. The quantitative estimate of drug-likeness (QED) is 0.506. The molecule has 0 bridgehead atoms. The second-order valence-electron chi connectivity index (χ2n) is 7.78. The summed E-state index contributed by atoms with van der Waals surface area (Å²) in [4.78, 5) is 25.8. The van der Waals surface area contributed by atoms with Gasteiger partial charge in [0.2, 0.25) is 0 Å². The Morgan fingerprint density at radius 1 is 0.935 bits per heavy atom. The standard InChI is InChI=1S/C24H23N5O2/c1-17-13-22(27-31-17)24(30)29-10-4-9-28(11-12-29)23-15-21(25-16-26-23)20-8-7-18-5-2-3-6-19(18)14-20/h2-3,5-8,13-16H,4,9-12H2,1H3. The van der Waals surface area contributed by atoms with E-state index in [4.69, 9.17) is 4.52 Å². The molecule has 0 saturated carbocycles. The van der Waals surface area contributed by atoms with Gasteiger partial charge < -0.3 is 14.3 Å². The van der Waals surface area contributed by atoms with E-state index in [1.165, 1.54) is 10.8 Å². The number of aryl methyl sites for hydroxylation is 1. The molecule has 0 atom stereocenters. The first-order chi connectivity index (χ1) is 15.2. The van der Waals surface area contributed by atoms with Crippen molar-refractivity contribution in [2.45, 2.75) is 13.3 Å². The van der Waals surface area contributed by atoms with Crippen molar-refractivity contribution in [1.29, 1.82) is 0 Å². The fraction of sp³-hybridized carbons (Fsp3) is 0.250. The van der Waals surface area contributed by atoms with E-state index in [9.17, 15) is 4.79 Å². The van der Waals surface area contributed by atoms with E-state index in [0.29, 0.717) is 31.1 Å². The lowest BCUT2D eigenvalue weighted by Crippen LogP contribution is -2.35. The van der Waals surface area contributed by atoms with Crippen LogP contribution in [0.2, 0.25) is 0 Å². The third-order valence-corrected chi connectivity index (χ3v) is 5.65. The molecule has 7 heteroatoms. The lowest BCUT2D eigenvalue weighted by molar-refractivity contribution is 0.0756. The lowest BCUT2D eigenvalue weighted by atomic mass is 10.0. The van der Waals surface area contributed by atoms with Crippen LogP contribution in [0.4, 0.5) is 5.82 Å². The van der Waals surface area contributed by atoms with Gasteiger partial charge in [-0.15, -0.1) is 0 Å². The van der Waals surface area contributed by atoms with Crippen molar-refractivity contribution < 1.29 is 9.32 Å². The average Bonchev–Trinajstić information content (AvgIpc) is 3.10. The molecular weight excluding hydrogens is 390 g/mol. The molecule has 0 radical (unpaired) electrons. The van der Waals surface area contributed by atoms with Gasteiger partial charge in [0.05, 0.1) is 5.69 Å². The molecule has 1 aliphatic heterocycles. The Hall–Kier alpha value is -3.74. The molecule has 2 aromatic heterocycles. The lowest BCUT2D eigenvalue weighted by Gasteiger charge is -2.22. The highest BCUT2D eigenvalue weighted by molar-refractivity contribution is 5.92. The van der Waals surface area contributed by atoms with Crippen molar-refractivity contribution in [1.82, 2.24) is 20.0 Å². The van der Waals surface area contributed by atoms with Crippen molar-refractivity contribution in [3.63, 3.8) is 0 Å². The second kappa shape index (κ2) is 8.18. The van der Waals surface area contributed by atoms with Crippen LogP contribution in [-0.4, -0.2) is 52.1 Å². The summed E-state index contributed by atoms with van der Waals surface area (Å²) < 4.78 is 5.06. The third kappa shape index (κ3) is 3.99. The van der Waals surface area contributed by atoms with Crippen molar-refractivity contribution in [3.05, 3.63) is 72.4 Å². The predicted molar refractivity (Wildman–Crippen MR) is 119 cm³/mol. The highest BCUT2D eigenvalue weighted by atomic mass is 16.5. The van der Waals surface area contributed by atoms with Gasteiger partial charge in [-0.05, 0) is 30.2 Å². The van der Waals surface area contributed by atoms with Gasteiger partial charge in [0.1, 0.15) is 17.9 Å². The fourth-order valence-corrected chi connectivity index (χ4v) is 4.01. The number of amides is 1. The first kappa shape index (κ1) is 19.2. The Bertz CT molecular complexity index is 1240. The molecular formula is C24H23N5O2. The van der Waals surface area contributed by atoms with Crippen LogP contribution in [0.1, 0.15) is 22.7 Å². The fourth-order valence-electron chi connectivity index (χ4n) is 4.01. The summed E-state index contributed by atoms with van der Waals surface area (Å²) in [6.07, 6.45) is 2.48. The summed E-state index contributed by atoms with van der Waals surface area (Å²) in [5.41, 5.74) is 2.33. The number of fused-ring (bicyclic) bond motifs is 1. The summed E-state index contributed by atoms with van der Waals surface area (Å²) in [6, 6.07) is 18.4. The molecule has 0 N–H and O–H groups in total. The zero-order chi connectivity index (χ0) is 21.2. The topological polar surface area (TPSA) is 75.4 Å². The van der Waals surface area contributed by atoms with Crippen molar-refractivity contribution in [2.24, 2.45) is 0 Å². The first-order valence-corrected chi connectivity index (χ1v) is 10.5. The maximum Gasteiger partial charge on any atom is 0.276 e. The number of carbonyl (C=O) groups excluding carboxylic acids is 1. The summed E-state index contributed by atoms with van der Waals surface area (Å²) >= 11 is 0. The third-order valence-electron chi connectivity index (χ3n) is 5.65. The zero-order valence-electron chi connectivity index (χ0n) is 17.4. The number of carbonyl (C=O) groups is 1. The first-order valence-electron chi connectivity index (χ1n) is 10.5. The molecule has 1 amide bonds. The summed E-state index contributed by atoms with van der Waals surface area (Å²) in [6.45, 7) is 4.62. The Kier molecular flexibility index (Phi) is 5.08. The molecule has 5 rings (SSSR count). The molecule has 3 heterocycles. The molecule has 1 aliphatic rings.